The van der Waals surface area contributed by atoms with Gasteiger partial charge in [-0.25, -0.2) is 4.79 Å². The van der Waals surface area contributed by atoms with Crippen LogP contribution in [0.2, 0.25) is 0 Å². The molecule has 0 bridgehead atoms. The van der Waals surface area contributed by atoms with Crippen LogP contribution in [0.4, 0.5) is 0 Å². The number of para-hydroxylation sites is 1. The molecular weight excluding hydrogens is 422 g/mol. The average molecular weight is 450 g/mol. The summed E-state index contributed by atoms with van der Waals surface area (Å²) in [6.07, 6.45) is -0.775. The quantitative estimate of drug-likeness (QED) is 0.387. The molecular formula is C29H27N3O2. The highest BCUT2D eigenvalue weighted by Gasteiger charge is 2.22. The van der Waals surface area contributed by atoms with Crippen LogP contribution in [0.5, 0.6) is 0 Å². The molecule has 0 spiro atoms. The summed E-state index contributed by atoms with van der Waals surface area (Å²) < 4.78 is 3.73. The Labute approximate surface area is 198 Å². The Kier molecular flexibility index (Phi) is 5.86. The monoisotopic (exact) mass is 449 g/mol. The highest BCUT2D eigenvalue weighted by atomic mass is 16.3. The first-order valence-electron chi connectivity index (χ1n) is 11.5. The number of rotatable bonds is 6. The number of aryl methyl sites for hydroxylation is 2. The molecule has 5 nitrogen and oxygen atoms in total. The largest absolute Gasteiger partial charge is 0.389 e. The Morgan fingerprint density at radius 2 is 1.38 bits per heavy atom. The summed E-state index contributed by atoms with van der Waals surface area (Å²) in [4.78, 5) is 16.5. The van der Waals surface area contributed by atoms with Gasteiger partial charge in [0, 0.05) is 27.9 Å². The molecule has 170 valence electrons. The van der Waals surface area contributed by atoms with Crippen molar-refractivity contribution >= 4 is 10.9 Å². The Hall–Kier alpha value is -3.96. The molecule has 2 heterocycles. The lowest BCUT2D eigenvalue weighted by atomic mass is 9.98. The molecule has 5 aromatic rings. The van der Waals surface area contributed by atoms with Crippen LogP contribution in [0.15, 0.2) is 95.8 Å². The molecule has 1 atom stereocenters. The zero-order valence-electron chi connectivity index (χ0n) is 19.3. The van der Waals surface area contributed by atoms with E-state index in [2.05, 4.69) is 45.9 Å². The lowest BCUT2D eigenvalue weighted by Gasteiger charge is -2.19. The minimum absolute atomic E-state index is 0.180. The highest BCUT2D eigenvalue weighted by Crippen LogP contribution is 2.41. The van der Waals surface area contributed by atoms with Crippen LogP contribution in [-0.2, 0) is 13.1 Å². The smallest absolute Gasteiger partial charge is 0.348 e. The van der Waals surface area contributed by atoms with Crippen LogP contribution in [-0.4, -0.2) is 25.3 Å². The normalized spacial score (nSPS) is 12.2. The lowest BCUT2D eigenvalue weighted by Crippen LogP contribution is -2.32. The molecule has 0 amide bonds. The second-order valence-electron chi connectivity index (χ2n) is 8.67. The Morgan fingerprint density at radius 1 is 0.794 bits per heavy atom. The third kappa shape index (κ3) is 4.06. The predicted molar refractivity (Wildman–Crippen MR) is 137 cm³/mol. The number of hydrogen-bond acceptors (Lipinski definition) is 3. The van der Waals surface area contributed by atoms with E-state index in [0.29, 0.717) is 12.2 Å². The van der Waals surface area contributed by atoms with Crippen LogP contribution in [0, 0.1) is 13.8 Å². The summed E-state index contributed by atoms with van der Waals surface area (Å²) in [5.41, 5.74) is 6.59. The van der Waals surface area contributed by atoms with E-state index >= 15 is 0 Å². The maximum Gasteiger partial charge on any atom is 0.348 e. The van der Waals surface area contributed by atoms with Gasteiger partial charge >= 0.3 is 5.69 Å². The van der Waals surface area contributed by atoms with Crippen molar-refractivity contribution in [1.82, 2.24) is 14.1 Å². The van der Waals surface area contributed by atoms with Gasteiger partial charge in [-0.2, -0.15) is 4.98 Å². The van der Waals surface area contributed by atoms with Gasteiger partial charge in [0.05, 0.1) is 24.9 Å². The van der Waals surface area contributed by atoms with E-state index in [-0.39, 0.29) is 12.2 Å². The maximum atomic E-state index is 12.5. The number of aromatic nitrogens is 3. The van der Waals surface area contributed by atoms with Crippen molar-refractivity contribution in [2.45, 2.75) is 33.0 Å². The fourth-order valence-corrected chi connectivity index (χ4v) is 4.76. The zero-order chi connectivity index (χ0) is 23.7. The van der Waals surface area contributed by atoms with Gasteiger partial charge in [-0.05, 0) is 37.1 Å². The SMILES string of the molecule is Cc1cc(C)n(C[C@H](O)Cn2c(-c3ccccc3)c(-c3ccccc3)c3ccccc32)c(=O)n1. The van der Waals surface area contributed by atoms with Crippen molar-refractivity contribution < 1.29 is 5.11 Å². The topological polar surface area (TPSA) is 60.0 Å². The highest BCUT2D eigenvalue weighted by molar-refractivity contribution is 6.04. The first-order chi connectivity index (χ1) is 16.5. The number of aliphatic hydroxyl groups is 1. The maximum absolute atomic E-state index is 12.5. The molecule has 0 aliphatic carbocycles. The molecule has 0 aliphatic heterocycles. The van der Waals surface area contributed by atoms with Gasteiger partial charge in [0.25, 0.3) is 0 Å². The number of hydrogen-bond donors (Lipinski definition) is 1. The Bertz CT molecular complexity index is 1500. The van der Waals surface area contributed by atoms with E-state index in [1.807, 2.05) is 61.5 Å². The first kappa shape index (κ1) is 21.9. The van der Waals surface area contributed by atoms with Crippen molar-refractivity contribution in [3.05, 3.63) is 113 Å². The van der Waals surface area contributed by atoms with E-state index in [0.717, 1.165) is 39.0 Å². The average Bonchev–Trinajstić information content (AvgIpc) is 3.16. The minimum atomic E-state index is -0.775. The van der Waals surface area contributed by atoms with Gasteiger partial charge in [-0.1, -0.05) is 78.9 Å². The van der Waals surface area contributed by atoms with Crippen molar-refractivity contribution in [2.24, 2.45) is 0 Å². The van der Waals surface area contributed by atoms with Gasteiger partial charge in [0.15, 0.2) is 0 Å². The second-order valence-corrected chi connectivity index (χ2v) is 8.67. The number of fused-ring (bicyclic) bond motifs is 1. The third-order valence-electron chi connectivity index (χ3n) is 6.21. The van der Waals surface area contributed by atoms with E-state index in [1.54, 1.807) is 11.5 Å². The second kappa shape index (κ2) is 9.12. The number of aliphatic hydroxyl groups excluding tert-OH is 1. The Morgan fingerprint density at radius 3 is 2.06 bits per heavy atom. The summed E-state index contributed by atoms with van der Waals surface area (Å²) in [6, 6.07) is 30.8. The molecule has 1 N–H and O–H groups in total. The molecule has 34 heavy (non-hydrogen) atoms. The van der Waals surface area contributed by atoms with E-state index in [9.17, 15) is 9.90 Å². The third-order valence-corrected chi connectivity index (χ3v) is 6.21. The summed E-state index contributed by atoms with van der Waals surface area (Å²) in [6.45, 7) is 4.20. The van der Waals surface area contributed by atoms with E-state index in [4.69, 9.17) is 0 Å². The van der Waals surface area contributed by atoms with Crippen LogP contribution < -0.4 is 5.69 Å². The fraction of sp³-hybridized carbons (Fsp3) is 0.172. The Balaban J connectivity index is 1.66. The number of benzene rings is 3. The molecule has 0 saturated heterocycles. The molecule has 5 rings (SSSR count). The van der Waals surface area contributed by atoms with E-state index in [1.165, 1.54) is 0 Å². The van der Waals surface area contributed by atoms with Crippen molar-refractivity contribution in [1.29, 1.82) is 0 Å². The molecule has 0 saturated carbocycles. The molecule has 0 aliphatic rings. The summed E-state index contributed by atoms with van der Waals surface area (Å²) in [7, 11) is 0. The summed E-state index contributed by atoms with van der Waals surface area (Å²) in [5, 5.41) is 12.3. The molecule has 5 heteroatoms. The fourth-order valence-electron chi connectivity index (χ4n) is 4.76. The molecule has 0 fully saturated rings. The summed E-state index contributed by atoms with van der Waals surface area (Å²) in [5.74, 6) is 0. The van der Waals surface area contributed by atoms with Gasteiger partial charge in [-0.15, -0.1) is 0 Å². The molecule has 0 unspecified atom stereocenters. The first-order valence-corrected chi connectivity index (χ1v) is 11.5. The number of nitrogens with zero attached hydrogens (tertiary/aromatic N) is 3. The van der Waals surface area contributed by atoms with Crippen molar-refractivity contribution in [3.63, 3.8) is 0 Å². The van der Waals surface area contributed by atoms with Gasteiger partial charge in [0.1, 0.15) is 0 Å². The minimum Gasteiger partial charge on any atom is -0.389 e. The predicted octanol–water partition coefficient (Wildman–Crippen LogP) is 5.21. The van der Waals surface area contributed by atoms with Crippen LogP contribution in [0.25, 0.3) is 33.3 Å². The molecule has 3 aromatic carbocycles. The van der Waals surface area contributed by atoms with Gasteiger partial charge in [0.2, 0.25) is 0 Å². The van der Waals surface area contributed by atoms with Crippen LogP contribution in [0.3, 0.4) is 0 Å². The van der Waals surface area contributed by atoms with E-state index < -0.39 is 6.10 Å². The molecule has 0 radical (unpaired) electrons. The lowest BCUT2D eigenvalue weighted by molar-refractivity contribution is 0.134. The summed E-state index contributed by atoms with van der Waals surface area (Å²) >= 11 is 0. The van der Waals surface area contributed by atoms with Crippen LogP contribution in [0.1, 0.15) is 11.4 Å². The van der Waals surface area contributed by atoms with Crippen LogP contribution >= 0.6 is 0 Å². The standard InChI is InChI=1S/C29H27N3O2/c1-20-17-21(2)31(29(34)30-20)18-24(33)19-32-26-16-10-9-15-25(26)27(22-11-5-3-6-12-22)28(32)23-13-7-4-8-14-23/h3-17,24,33H,18-19H2,1-2H3/t24-/m0/s1. The molecule has 2 aromatic heterocycles. The zero-order valence-corrected chi connectivity index (χ0v) is 19.3. The van der Waals surface area contributed by atoms with Crippen molar-refractivity contribution in [3.8, 4) is 22.4 Å². The van der Waals surface area contributed by atoms with Gasteiger partial charge < -0.3 is 9.67 Å². The van der Waals surface area contributed by atoms with Gasteiger partial charge in [-0.3, -0.25) is 4.57 Å². The van der Waals surface area contributed by atoms with Crippen molar-refractivity contribution in [2.75, 3.05) is 0 Å².